The van der Waals surface area contributed by atoms with Crippen molar-refractivity contribution in [2.45, 2.75) is 26.6 Å². The molecule has 1 unspecified atom stereocenters. The highest BCUT2D eigenvalue weighted by Crippen LogP contribution is 2.31. The first-order chi connectivity index (χ1) is 13.0. The van der Waals surface area contributed by atoms with Crippen LogP contribution < -0.4 is 0 Å². The van der Waals surface area contributed by atoms with E-state index in [1.54, 1.807) is 13.0 Å². The Morgan fingerprint density at radius 2 is 2.11 bits per heavy atom. The summed E-state index contributed by atoms with van der Waals surface area (Å²) in [7, 11) is 0. The van der Waals surface area contributed by atoms with Crippen molar-refractivity contribution in [3.05, 3.63) is 58.8 Å². The number of ether oxygens (including phenoxy) is 2. The van der Waals surface area contributed by atoms with E-state index >= 15 is 0 Å². The highest BCUT2D eigenvalue weighted by Gasteiger charge is 2.35. The standard InChI is InChI=1S/C20H25FN2O4/c1-3-27-19-18(20(24)25)14(2)11-17(22-7-9-26-10-8-22)23(19)13-15-5-4-6-16(21)12-15/h4-6,11-12,17H,3,7-10,13H2,1-2H3,(H,24,25). The largest absolute Gasteiger partial charge is 0.479 e. The number of benzene rings is 1. The van der Waals surface area contributed by atoms with E-state index in [4.69, 9.17) is 9.47 Å². The third-order valence-corrected chi connectivity index (χ3v) is 4.74. The minimum atomic E-state index is -1.03. The summed E-state index contributed by atoms with van der Waals surface area (Å²) in [6, 6.07) is 6.34. The van der Waals surface area contributed by atoms with Gasteiger partial charge < -0.3 is 19.5 Å². The Balaban J connectivity index is 2.02. The summed E-state index contributed by atoms with van der Waals surface area (Å²) in [6.07, 6.45) is 1.76. The van der Waals surface area contributed by atoms with Gasteiger partial charge in [-0.15, -0.1) is 0 Å². The summed E-state index contributed by atoms with van der Waals surface area (Å²) in [6.45, 7) is 7.00. The molecule has 27 heavy (non-hydrogen) atoms. The smallest absolute Gasteiger partial charge is 0.341 e. The van der Waals surface area contributed by atoms with Gasteiger partial charge in [0.05, 0.1) is 19.8 Å². The number of morpholine rings is 1. The van der Waals surface area contributed by atoms with Crippen molar-refractivity contribution in [2.75, 3.05) is 32.9 Å². The number of carboxylic acids is 1. The monoisotopic (exact) mass is 376 g/mol. The van der Waals surface area contributed by atoms with Crippen molar-refractivity contribution in [2.24, 2.45) is 0 Å². The van der Waals surface area contributed by atoms with Crippen LogP contribution in [0.3, 0.4) is 0 Å². The van der Waals surface area contributed by atoms with Crippen molar-refractivity contribution in [3.8, 4) is 0 Å². The second-order valence-corrected chi connectivity index (χ2v) is 6.59. The molecule has 2 aliphatic rings. The molecule has 1 N–H and O–H groups in total. The third-order valence-electron chi connectivity index (χ3n) is 4.74. The topological polar surface area (TPSA) is 62.2 Å². The van der Waals surface area contributed by atoms with Crippen LogP contribution in [0.4, 0.5) is 4.39 Å². The van der Waals surface area contributed by atoms with Gasteiger partial charge in [-0.05, 0) is 43.2 Å². The Morgan fingerprint density at radius 3 is 2.74 bits per heavy atom. The SMILES string of the molecule is CCOC1=C(C(=O)O)C(C)=CC(N2CCOCC2)N1Cc1cccc(F)c1. The summed E-state index contributed by atoms with van der Waals surface area (Å²) in [5.74, 6) is -1.03. The van der Waals surface area contributed by atoms with E-state index in [-0.39, 0.29) is 17.6 Å². The van der Waals surface area contributed by atoms with Gasteiger partial charge in [0.1, 0.15) is 17.6 Å². The molecule has 146 valence electrons. The van der Waals surface area contributed by atoms with Gasteiger partial charge in [0, 0.05) is 19.6 Å². The molecule has 1 fully saturated rings. The number of hydrogen-bond donors (Lipinski definition) is 1. The van der Waals surface area contributed by atoms with Crippen LogP contribution in [0.25, 0.3) is 0 Å². The highest BCUT2D eigenvalue weighted by molar-refractivity contribution is 5.92. The van der Waals surface area contributed by atoms with Crippen LogP contribution in [0.5, 0.6) is 0 Å². The predicted molar refractivity (Wildman–Crippen MR) is 98.2 cm³/mol. The molecule has 1 aromatic rings. The minimum absolute atomic E-state index is 0.151. The number of carboxylic acid groups (broad SMARTS) is 1. The molecule has 1 aromatic carbocycles. The lowest BCUT2D eigenvalue weighted by Gasteiger charge is -2.44. The highest BCUT2D eigenvalue weighted by atomic mass is 19.1. The summed E-state index contributed by atoms with van der Waals surface area (Å²) < 4.78 is 24.9. The Morgan fingerprint density at radius 1 is 1.37 bits per heavy atom. The number of hydrogen-bond acceptors (Lipinski definition) is 5. The van der Waals surface area contributed by atoms with Crippen LogP contribution in [-0.4, -0.2) is 60.0 Å². The van der Waals surface area contributed by atoms with Gasteiger partial charge in [-0.25, -0.2) is 9.18 Å². The van der Waals surface area contributed by atoms with E-state index in [1.807, 2.05) is 24.0 Å². The molecule has 2 heterocycles. The van der Waals surface area contributed by atoms with Crippen LogP contribution in [-0.2, 0) is 20.8 Å². The van der Waals surface area contributed by atoms with Gasteiger partial charge in [-0.2, -0.15) is 0 Å². The van der Waals surface area contributed by atoms with Gasteiger partial charge in [-0.3, -0.25) is 4.90 Å². The van der Waals surface area contributed by atoms with Gasteiger partial charge in [0.25, 0.3) is 0 Å². The van der Waals surface area contributed by atoms with Crippen molar-refractivity contribution in [1.82, 2.24) is 9.80 Å². The third kappa shape index (κ3) is 4.31. The minimum Gasteiger partial charge on any atom is -0.479 e. The van der Waals surface area contributed by atoms with Crippen LogP contribution in [0, 0.1) is 5.82 Å². The number of aliphatic carboxylic acids is 1. The number of nitrogens with zero attached hydrogens (tertiary/aromatic N) is 2. The quantitative estimate of drug-likeness (QED) is 0.823. The maximum atomic E-state index is 13.7. The molecular weight excluding hydrogens is 351 g/mol. The first-order valence-corrected chi connectivity index (χ1v) is 9.13. The fourth-order valence-corrected chi connectivity index (χ4v) is 3.52. The Bertz CT molecular complexity index is 756. The van der Waals surface area contributed by atoms with E-state index in [9.17, 15) is 14.3 Å². The molecule has 0 spiro atoms. The normalized spacial score (nSPS) is 21.2. The summed E-state index contributed by atoms with van der Waals surface area (Å²) >= 11 is 0. The van der Waals surface area contributed by atoms with Gasteiger partial charge >= 0.3 is 5.97 Å². The molecule has 0 aliphatic carbocycles. The Kier molecular flexibility index (Phi) is 6.13. The molecule has 0 bridgehead atoms. The molecule has 6 nitrogen and oxygen atoms in total. The first-order valence-electron chi connectivity index (χ1n) is 9.13. The molecule has 0 amide bonds. The molecule has 0 saturated carbocycles. The van der Waals surface area contributed by atoms with E-state index in [1.165, 1.54) is 12.1 Å². The number of rotatable bonds is 6. The fraction of sp³-hybridized carbons (Fsp3) is 0.450. The van der Waals surface area contributed by atoms with Crippen LogP contribution >= 0.6 is 0 Å². The second kappa shape index (κ2) is 8.54. The molecule has 2 aliphatic heterocycles. The van der Waals surface area contributed by atoms with Crippen molar-refractivity contribution in [3.63, 3.8) is 0 Å². The van der Waals surface area contributed by atoms with Crippen LogP contribution in [0.15, 0.2) is 47.4 Å². The van der Waals surface area contributed by atoms with Gasteiger partial charge in [-0.1, -0.05) is 12.1 Å². The Hall–Kier alpha value is -2.38. The zero-order chi connectivity index (χ0) is 19.4. The lowest BCUT2D eigenvalue weighted by molar-refractivity contribution is -0.133. The van der Waals surface area contributed by atoms with Crippen LogP contribution in [0.1, 0.15) is 19.4 Å². The molecule has 7 heteroatoms. The summed E-state index contributed by atoms with van der Waals surface area (Å²) in [5.41, 5.74) is 1.57. The number of halogens is 1. The molecule has 1 atom stereocenters. The maximum absolute atomic E-state index is 13.7. The lowest BCUT2D eigenvalue weighted by atomic mass is 10.0. The van der Waals surface area contributed by atoms with Gasteiger partial charge in [0.15, 0.2) is 0 Å². The summed E-state index contributed by atoms with van der Waals surface area (Å²) in [4.78, 5) is 16.0. The van der Waals surface area contributed by atoms with E-state index < -0.39 is 5.97 Å². The molecule has 0 radical (unpaired) electrons. The van der Waals surface area contributed by atoms with Crippen molar-refractivity contribution < 1.29 is 23.8 Å². The van der Waals surface area contributed by atoms with E-state index in [0.29, 0.717) is 37.8 Å². The zero-order valence-corrected chi connectivity index (χ0v) is 15.7. The summed E-state index contributed by atoms with van der Waals surface area (Å²) in [5, 5.41) is 9.73. The Labute approximate surface area is 158 Å². The second-order valence-electron chi connectivity index (χ2n) is 6.59. The van der Waals surface area contributed by atoms with E-state index in [0.717, 1.165) is 18.7 Å². The van der Waals surface area contributed by atoms with Crippen molar-refractivity contribution in [1.29, 1.82) is 0 Å². The molecular formula is C20H25FN2O4. The molecule has 3 rings (SSSR count). The van der Waals surface area contributed by atoms with E-state index in [2.05, 4.69) is 4.90 Å². The average Bonchev–Trinajstić information content (AvgIpc) is 2.64. The molecule has 1 saturated heterocycles. The lowest BCUT2D eigenvalue weighted by Crippen LogP contribution is -2.53. The fourth-order valence-electron chi connectivity index (χ4n) is 3.52. The molecule has 0 aromatic heterocycles. The predicted octanol–water partition coefficient (Wildman–Crippen LogP) is 2.58. The zero-order valence-electron chi connectivity index (χ0n) is 15.7. The van der Waals surface area contributed by atoms with Gasteiger partial charge in [0.2, 0.25) is 5.88 Å². The number of carbonyl (C=O) groups is 1. The van der Waals surface area contributed by atoms with Crippen LogP contribution in [0.2, 0.25) is 0 Å². The van der Waals surface area contributed by atoms with Crippen molar-refractivity contribution >= 4 is 5.97 Å². The maximum Gasteiger partial charge on any atom is 0.341 e. The average molecular weight is 376 g/mol. The first kappa shape index (κ1) is 19.4.